The zero-order chi connectivity index (χ0) is 14.6. The van der Waals surface area contributed by atoms with Crippen molar-refractivity contribution in [2.45, 2.75) is 51.9 Å². The lowest BCUT2D eigenvalue weighted by Crippen LogP contribution is -2.00. The van der Waals surface area contributed by atoms with Crippen molar-refractivity contribution in [1.82, 2.24) is 0 Å². The van der Waals surface area contributed by atoms with Crippen LogP contribution in [0.15, 0.2) is 36.9 Å². The molecule has 0 saturated heterocycles. The van der Waals surface area contributed by atoms with Crippen LogP contribution in [0.1, 0.15) is 62.2 Å². The lowest BCUT2D eigenvalue weighted by molar-refractivity contribution is 0.0979. The van der Waals surface area contributed by atoms with Crippen LogP contribution in [0.3, 0.4) is 0 Å². The van der Waals surface area contributed by atoms with Gasteiger partial charge in [0.25, 0.3) is 0 Å². The third kappa shape index (κ3) is 6.55. The number of allylic oxidation sites excluding steroid dienone is 1. The molecule has 0 amide bonds. The monoisotopic (exact) mass is 274 g/mol. The maximum Gasteiger partial charge on any atom is 0.162 e. The Hall–Kier alpha value is -1.57. The number of rotatable bonds is 11. The van der Waals surface area contributed by atoms with Crippen LogP contribution in [0.4, 0.5) is 0 Å². The topological polar surface area (TPSA) is 26.3 Å². The first-order valence-corrected chi connectivity index (χ1v) is 7.65. The highest BCUT2D eigenvalue weighted by atomic mass is 16.5. The second-order valence-corrected chi connectivity index (χ2v) is 5.04. The van der Waals surface area contributed by atoms with Crippen LogP contribution in [0, 0.1) is 0 Å². The van der Waals surface area contributed by atoms with E-state index in [1.165, 1.54) is 0 Å². The Bertz CT molecular complexity index is 392. The molecule has 0 saturated carbocycles. The molecular formula is C18H26O2. The predicted molar refractivity (Wildman–Crippen MR) is 84.5 cm³/mol. The Morgan fingerprint density at radius 1 is 1.15 bits per heavy atom. The fourth-order valence-corrected chi connectivity index (χ4v) is 1.97. The number of hydrogen-bond donors (Lipinski definition) is 0. The van der Waals surface area contributed by atoms with Gasteiger partial charge in [-0.2, -0.15) is 0 Å². The number of carbonyl (C=O) groups is 1. The van der Waals surface area contributed by atoms with Crippen LogP contribution >= 0.6 is 0 Å². The molecule has 0 N–H and O–H groups in total. The summed E-state index contributed by atoms with van der Waals surface area (Å²) >= 11 is 0. The van der Waals surface area contributed by atoms with Crippen molar-refractivity contribution in [3.05, 3.63) is 42.5 Å². The molecule has 110 valence electrons. The van der Waals surface area contributed by atoms with Crippen LogP contribution < -0.4 is 4.74 Å². The highest BCUT2D eigenvalue weighted by Crippen LogP contribution is 2.15. The number of hydrogen-bond acceptors (Lipinski definition) is 2. The van der Waals surface area contributed by atoms with E-state index in [0.29, 0.717) is 6.42 Å². The highest BCUT2D eigenvalue weighted by Gasteiger charge is 2.05. The molecule has 0 spiro atoms. The molecule has 0 heterocycles. The lowest BCUT2D eigenvalue weighted by Gasteiger charge is -2.06. The molecule has 1 aromatic rings. The van der Waals surface area contributed by atoms with E-state index >= 15 is 0 Å². The van der Waals surface area contributed by atoms with E-state index in [-0.39, 0.29) is 5.78 Å². The van der Waals surface area contributed by atoms with E-state index in [1.807, 2.05) is 30.3 Å². The lowest BCUT2D eigenvalue weighted by atomic mass is 10.0. The molecule has 0 aromatic heterocycles. The first-order valence-electron chi connectivity index (χ1n) is 7.65. The van der Waals surface area contributed by atoms with Gasteiger partial charge in [-0.05, 0) is 49.9 Å². The second kappa shape index (κ2) is 10.2. The average Bonchev–Trinajstić information content (AvgIpc) is 2.48. The first-order chi connectivity index (χ1) is 9.77. The predicted octanol–water partition coefficient (Wildman–Crippen LogP) is 5.18. The average molecular weight is 274 g/mol. The maximum atomic E-state index is 12.0. The minimum absolute atomic E-state index is 0.226. The van der Waals surface area contributed by atoms with Gasteiger partial charge in [-0.25, -0.2) is 0 Å². The molecule has 2 heteroatoms. The summed E-state index contributed by atoms with van der Waals surface area (Å²) < 4.78 is 5.59. The minimum Gasteiger partial charge on any atom is -0.494 e. The van der Waals surface area contributed by atoms with Gasteiger partial charge >= 0.3 is 0 Å². The van der Waals surface area contributed by atoms with Crippen LogP contribution in [0.25, 0.3) is 0 Å². The van der Waals surface area contributed by atoms with Gasteiger partial charge in [0.15, 0.2) is 5.78 Å². The van der Waals surface area contributed by atoms with Gasteiger partial charge in [-0.3, -0.25) is 4.79 Å². The molecular weight excluding hydrogens is 248 g/mol. The molecule has 0 unspecified atom stereocenters. The summed E-state index contributed by atoms with van der Waals surface area (Å²) in [5.74, 6) is 1.07. The third-order valence-electron chi connectivity index (χ3n) is 3.25. The van der Waals surface area contributed by atoms with Crippen molar-refractivity contribution in [3.63, 3.8) is 0 Å². The highest BCUT2D eigenvalue weighted by molar-refractivity contribution is 5.96. The molecule has 20 heavy (non-hydrogen) atoms. The van der Waals surface area contributed by atoms with Crippen molar-refractivity contribution in [2.24, 2.45) is 0 Å². The fourth-order valence-electron chi connectivity index (χ4n) is 1.97. The quantitative estimate of drug-likeness (QED) is 0.315. The Balaban J connectivity index is 2.31. The van der Waals surface area contributed by atoms with Crippen molar-refractivity contribution >= 4 is 5.78 Å². The number of ketones is 1. The Morgan fingerprint density at radius 2 is 1.90 bits per heavy atom. The number of carbonyl (C=O) groups excluding carboxylic acids is 1. The number of benzene rings is 1. The smallest absolute Gasteiger partial charge is 0.162 e. The summed E-state index contributed by atoms with van der Waals surface area (Å²) in [6.45, 7) is 6.58. The molecule has 0 bridgehead atoms. The summed E-state index contributed by atoms with van der Waals surface area (Å²) in [4.78, 5) is 12.0. The Kier molecular flexibility index (Phi) is 8.44. The fraction of sp³-hybridized carbons (Fsp3) is 0.500. The Labute approximate surface area is 122 Å². The van der Waals surface area contributed by atoms with E-state index in [0.717, 1.165) is 56.4 Å². The molecule has 0 aliphatic carbocycles. The van der Waals surface area contributed by atoms with E-state index < -0.39 is 0 Å². The molecule has 0 atom stereocenters. The molecule has 1 rings (SSSR count). The van der Waals surface area contributed by atoms with Gasteiger partial charge < -0.3 is 4.74 Å². The van der Waals surface area contributed by atoms with Gasteiger partial charge in [0, 0.05) is 12.0 Å². The zero-order valence-electron chi connectivity index (χ0n) is 12.6. The number of Topliss-reactive ketones (excluding diaryl/α,β-unsaturated/α-hetero) is 1. The third-order valence-corrected chi connectivity index (χ3v) is 3.25. The normalized spacial score (nSPS) is 10.2. The van der Waals surface area contributed by atoms with Crippen molar-refractivity contribution < 1.29 is 9.53 Å². The molecule has 0 aliphatic heterocycles. The van der Waals surface area contributed by atoms with Crippen LogP contribution in [-0.4, -0.2) is 12.4 Å². The van der Waals surface area contributed by atoms with E-state index in [4.69, 9.17) is 4.74 Å². The van der Waals surface area contributed by atoms with Gasteiger partial charge in [0.05, 0.1) is 6.61 Å². The summed E-state index contributed by atoms with van der Waals surface area (Å²) in [7, 11) is 0. The first kappa shape index (κ1) is 16.5. The van der Waals surface area contributed by atoms with Crippen molar-refractivity contribution in [3.8, 4) is 5.75 Å². The van der Waals surface area contributed by atoms with Gasteiger partial charge in [0.1, 0.15) is 5.75 Å². The van der Waals surface area contributed by atoms with E-state index in [9.17, 15) is 4.79 Å². The minimum atomic E-state index is 0.226. The molecule has 2 nitrogen and oxygen atoms in total. The van der Waals surface area contributed by atoms with Gasteiger partial charge in [-0.15, -0.1) is 6.58 Å². The summed E-state index contributed by atoms with van der Waals surface area (Å²) in [5, 5.41) is 0. The zero-order valence-corrected chi connectivity index (χ0v) is 12.6. The Morgan fingerprint density at radius 3 is 2.55 bits per heavy atom. The van der Waals surface area contributed by atoms with Crippen molar-refractivity contribution in [1.29, 1.82) is 0 Å². The van der Waals surface area contributed by atoms with Crippen LogP contribution in [0.5, 0.6) is 5.75 Å². The molecule has 1 aromatic carbocycles. The van der Waals surface area contributed by atoms with Crippen LogP contribution in [-0.2, 0) is 0 Å². The second-order valence-electron chi connectivity index (χ2n) is 5.04. The summed E-state index contributed by atoms with van der Waals surface area (Å²) in [6, 6.07) is 7.52. The standard InChI is InChI=1S/C18H26O2/c1-3-5-7-8-9-10-18(19)16-11-13-17(14-12-16)20-15-6-4-2/h3,11-14H,1,4-10,15H2,2H3. The SMILES string of the molecule is C=CCCCCCC(=O)c1ccc(OCCCC)cc1. The largest absolute Gasteiger partial charge is 0.494 e. The van der Waals surface area contributed by atoms with Crippen molar-refractivity contribution in [2.75, 3.05) is 6.61 Å². The van der Waals surface area contributed by atoms with E-state index in [2.05, 4.69) is 13.5 Å². The van der Waals surface area contributed by atoms with E-state index in [1.54, 1.807) is 0 Å². The number of unbranched alkanes of at least 4 members (excludes halogenated alkanes) is 4. The van der Waals surface area contributed by atoms with Gasteiger partial charge in [0.2, 0.25) is 0 Å². The number of ether oxygens (including phenoxy) is 1. The van der Waals surface area contributed by atoms with Crippen LogP contribution in [0.2, 0.25) is 0 Å². The molecule has 0 fully saturated rings. The molecule has 0 aliphatic rings. The summed E-state index contributed by atoms with van der Waals surface area (Å²) in [6.07, 6.45) is 8.97. The maximum absolute atomic E-state index is 12.0. The van der Waals surface area contributed by atoms with Gasteiger partial charge in [-0.1, -0.05) is 25.8 Å². The molecule has 0 radical (unpaired) electrons. The summed E-state index contributed by atoms with van der Waals surface area (Å²) in [5.41, 5.74) is 0.788.